The lowest BCUT2D eigenvalue weighted by Gasteiger charge is -2.24. The first-order chi connectivity index (χ1) is 10.1. The van der Waals surface area contributed by atoms with Crippen molar-refractivity contribution in [3.05, 3.63) is 59.4 Å². The number of hydrogen-bond acceptors (Lipinski definition) is 2. The van der Waals surface area contributed by atoms with Crippen LogP contribution < -0.4 is 11.5 Å². The quantitative estimate of drug-likeness (QED) is 0.499. The van der Waals surface area contributed by atoms with Gasteiger partial charge in [0.25, 0.3) is 0 Å². The van der Waals surface area contributed by atoms with E-state index < -0.39 is 0 Å². The number of fused-ring (bicyclic) bond motifs is 1. The summed E-state index contributed by atoms with van der Waals surface area (Å²) in [5.74, 6) is 0.391. The van der Waals surface area contributed by atoms with Crippen molar-refractivity contribution in [2.45, 2.75) is 18.8 Å². The topological polar surface area (TPSA) is 81.7 Å². The highest BCUT2D eigenvalue weighted by Gasteiger charge is 2.26. The van der Waals surface area contributed by atoms with E-state index in [0.717, 1.165) is 24.1 Å². The van der Waals surface area contributed by atoms with Crippen LogP contribution in [0, 0.1) is 0 Å². The summed E-state index contributed by atoms with van der Waals surface area (Å²) in [6.07, 6.45) is 3.91. The van der Waals surface area contributed by atoms with Crippen LogP contribution in [0.3, 0.4) is 0 Å². The molecule has 0 saturated carbocycles. The van der Waals surface area contributed by atoms with Crippen LogP contribution in [0.25, 0.3) is 0 Å². The molecule has 0 saturated heterocycles. The minimum Gasteiger partial charge on any atom is -0.369 e. The Bertz CT molecular complexity index is 693. The molecule has 0 aliphatic heterocycles. The first kappa shape index (κ1) is 13.4. The van der Waals surface area contributed by atoms with Crippen LogP contribution in [0.4, 0.5) is 0 Å². The Morgan fingerprint density at radius 3 is 2.62 bits per heavy atom. The van der Waals surface area contributed by atoms with Gasteiger partial charge >= 0.3 is 0 Å². The first-order valence-corrected chi connectivity index (χ1v) is 7.00. The molecule has 2 aromatic rings. The van der Waals surface area contributed by atoms with E-state index in [1.165, 1.54) is 11.3 Å². The van der Waals surface area contributed by atoms with Gasteiger partial charge in [0.05, 0.1) is 5.71 Å². The Labute approximate surface area is 124 Å². The van der Waals surface area contributed by atoms with Gasteiger partial charge < -0.3 is 16.0 Å². The summed E-state index contributed by atoms with van der Waals surface area (Å²) in [5.41, 5.74) is 15.5. The fourth-order valence-electron chi connectivity index (χ4n) is 2.90. The molecule has 1 atom stereocenters. The van der Waals surface area contributed by atoms with Gasteiger partial charge in [-0.15, -0.1) is 5.10 Å². The van der Waals surface area contributed by atoms with Crippen molar-refractivity contribution >= 4 is 11.7 Å². The van der Waals surface area contributed by atoms with Crippen LogP contribution in [-0.2, 0) is 13.5 Å². The molecule has 21 heavy (non-hydrogen) atoms. The average Bonchev–Trinajstić information content (AvgIpc) is 2.87. The fourth-order valence-corrected chi connectivity index (χ4v) is 2.90. The molecule has 0 bridgehead atoms. The van der Waals surface area contributed by atoms with Crippen molar-refractivity contribution in [1.29, 1.82) is 0 Å². The molecule has 0 spiro atoms. The zero-order valence-corrected chi connectivity index (χ0v) is 12.0. The monoisotopic (exact) mass is 281 g/mol. The second-order valence-electron chi connectivity index (χ2n) is 5.37. The number of aromatic nitrogens is 1. The second kappa shape index (κ2) is 5.44. The third kappa shape index (κ3) is 2.67. The SMILES string of the molecule is Cn1ccc2c1CC(c1ccccc1)C/C2=N\N=C(N)N. The van der Waals surface area contributed by atoms with Gasteiger partial charge in [0.1, 0.15) is 0 Å². The molecule has 0 fully saturated rings. The number of hydrogen-bond donors (Lipinski definition) is 2. The molecule has 0 amide bonds. The molecule has 1 unspecified atom stereocenters. The van der Waals surface area contributed by atoms with Gasteiger partial charge in [-0.2, -0.15) is 5.10 Å². The largest absolute Gasteiger partial charge is 0.369 e. The van der Waals surface area contributed by atoms with E-state index in [1.54, 1.807) is 0 Å². The number of nitrogens with two attached hydrogens (primary N) is 2. The van der Waals surface area contributed by atoms with Gasteiger partial charge in [0.15, 0.2) is 0 Å². The number of benzene rings is 1. The lowest BCUT2D eigenvalue weighted by Crippen LogP contribution is -2.23. The van der Waals surface area contributed by atoms with E-state index in [-0.39, 0.29) is 5.96 Å². The van der Waals surface area contributed by atoms with Crippen LogP contribution >= 0.6 is 0 Å². The molecule has 1 heterocycles. The third-order valence-corrected chi connectivity index (χ3v) is 3.95. The summed E-state index contributed by atoms with van der Waals surface area (Å²) in [6, 6.07) is 12.6. The van der Waals surface area contributed by atoms with Crippen molar-refractivity contribution in [1.82, 2.24) is 4.57 Å². The van der Waals surface area contributed by atoms with Crippen LogP contribution in [0.5, 0.6) is 0 Å². The van der Waals surface area contributed by atoms with Crippen LogP contribution in [-0.4, -0.2) is 16.2 Å². The first-order valence-electron chi connectivity index (χ1n) is 7.00. The lowest BCUT2D eigenvalue weighted by molar-refractivity contribution is 0.654. The number of aryl methyl sites for hydroxylation is 1. The van der Waals surface area contributed by atoms with Gasteiger partial charge in [-0.05, 0) is 30.4 Å². The highest BCUT2D eigenvalue weighted by atomic mass is 15.3. The normalized spacial score (nSPS) is 19.3. The van der Waals surface area contributed by atoms with Crippen LogP contribution in [0.1, 0.15) is 29.2 Å². The average molecular weight is 281 g/mol. The van der Waals surface area contributed by atoms with Gasteiger partial charge in [-0.25, -0.2) is 0 Å². The van der Waals surface area contributed by atoms with Crippen molar-refractivity contribution in [3.63, 3.8) is 0 Å². The third-order valence-electron chi connectivity index (χ3n) is 3.95. The molecule has 1 aliphatic carbocycles. The van der Waals surface area contributed by atoms with Crippen molar-refractivity contribution in [2.24, 2.45) is 28.7 Å². The van der Waals surface area contributed by atoms with Crippen molar-refractivity contribution in [2.75, 3.05) is 0 Å². The van der Waals surface area contributed by atoms with E-state index in [4.69, 9.17) is 11.5 Å². The van der Waals surface area contributed by atoms with E-state index in [1.807, 2.05) is 6.07 Å². The lowest BCUT2D eigenvalue weighted by atomic mass is 9.82. The smallest absolute Gasteiger partial charge is 0.211 e. The summed E-state index contributed by atoms with van der Waals surface area (Å²) in [5, 5.41) is 8.09. The van der Waals surface area contributed by atoms with E-state index >= 15 is 0 Å². The molecule has 5 nitrogen and oxygen atoms in total. The Hall–Kier alpha value is -2.56. The summed E-state index contributed by atoms with van der Waals surface area (Å²) in [4.78, 5) is 0. The Kier molecular flexibility index (Phi) is 3.48. The van der Waals surface area contributed by atoms with Crippen molar-refractivity contribution < 1.29 is 0 Å². The summed E-state index contributed by atoms with van der Waals surface area (Å²) >= 11 is 0. The predicted octanol–water partition coefficient (Wildman–Crippen LogP) is 1.73. The predicted molar refractivity (Wildman–Crippen MR) is 85.3 cm³/mol. The minimum absolute atomic E-state index is 0.0122. The second-order valence-corrected chi connectivity index (χ2v) is 5.37. The molecule has 108 valence electrons. The van der Waals surface area contributed by atoms with Gasteiger partial charge in [0.2, 0.25) is 5.96 Å². The van der Waals surface area contributed by atoms with E-state index in [0.29, 0.717) is 5.92 Å². The minimum atomic E-state index is -0.0122. The van der Waals surface area contributed by atoms with Crippen LogP contribution in [0.2, 0.25) is 0 Å². The van der Waals surface area contributed by atoms with Gasteiger partial charge in [0, 0.05) is 24.5 Å². The highest BCUT2D eigenvalue weighted by Crippen LogP contribution is 2.33. The molecule has 1 aromatic heterocycles. The maximum Gasteiger partial charge on any atom is 0.211 e. The molecular weight excluding hydrogens is 262 g/mol. The van der Waals surface area contributed by atoms with Crippen molar-refractivity contribution in [3.8, 4) is 0 Å². The zero-order valence-electron chi connectivity index (χ0n) is 12.0. The van der Waals surface area contributed by atoms with Gasteiger partial charge in [-0.1, -0.05) is 30.3 Å². The Balaban J connectivity index is 2.02. The summed E-state index contributed by atoms with van der Waals surface area (Å²) in [6.45, 7) is 0. The van der Waals surface area contributed by atoms with E-state index in [9.17, 15) is 0 Å². The Morgan fingerprint density at radius 2 is 1.90 bits per heavy atom. The van der Waals surface area contributed by atoms with Crippen LogP contribution in [0.15, 0.2) is 52.8 Å². The fraction of sp³-hybridized carbons (Fsp3) is 0.250. The summed E-state index contributed by atoms with van der Waals surface area (Å²) in [7, 11) is 2.06. The number of rotatable bonds is 2. The Morgan fingerprint density at radius 1 is 1.14 bits per heavy atom. The number of nitrogens with zero attached hydrogens (tertiary/aromatic N) is 3. The molecule has 1 aromatic carbocycles. The zero-order chi connectivity index (χ0) is 14.8. The molecule has 3 rings (SSSR count). The molecule has 1 aliphatic rings. The summed E-state index contributed by atoms with van der Waals surface area (Å²) < 4.78 is 2.15. The molecule has 4 N–H and O–H groups in total. The molecule has 0 radical (unpaired) electrons. The maximum absolute atomic E-state index is 5.40. The van der Waals surface area contributed by atoms with E-state index in [2.05, 4.69) is 58.3 Å². The standard InChI is InChI=1S/C16H19N5/c1-21-8-7-13-14(19-20-16(17)18)9-12(10-15(13)21)11-5-3-2-4-6-11/h2-8,12H,9-10H2,1H3,(H4,17,18,20)/b19-14+. The molecular formula is C16H19N5. The molecule has 5 heteroatoms. The maximum atomic E-state index is 5.40. The highest BCUT2D eigenvalue weighted by molar-refractivity contribution is 6.03. The number of guanidine groups is 1. The van der Waals surface area contributed by atoms with Gasteiger partial charge in [-0.3, -0.25) is 0 Å².